The zero-order valence-corrected chi connectivity index (χ0v) is 9.72. The van der Waals surface area contributed by atoms with Crippen molar-refractivity contribution in [1.29, 1.82) is 0 Å². The van der Waals surface area contributed by atoms with Gasteiger partial charge in [0.05, 0.1) is 5.69 Å². The van der Waals surface area contributed by atoms with Crippen molar-refractivity contribution in [3.05, 3.63) is 47.8 Å². The number of benzene rings is 1. The Bertz CT molecular complexity index is 472. The molecule has 3 heteroatoms. The molecule has 0 fully saturated rings. The van der Waals surface area contributed by atoms with Gasteiger partial charge in [0.2, 0.25) is 0 Å². The van der Waals surface area contributed by atoms with Crippen LogP contribution in [0.25, 0.3) is 5.69 Å². The summed E-state index contributed by atoms with van der Waals surface area (Å²) in [7, 11) is 0. The molecule has 0 spiro atoms. The maximum absolute atomic E-state index is 5.74. The molecular formula is C13H17N3. The quantitative estimate of drug-likeness (QED) is 0.854. The lowest BCUT2D eigenvalue weighted by atomic mass is 10.1. The van der Waals surface area contributed by atoms with E-state index in [9.17, 15) is 0 Å². The highest BCUT2D eigenvalue weighted by molar-refractivity contribution is 5.41. The Kier molecular flexibility index (Phi) is 3.06. The van der Waals surface area contributed by atoms with Crippen molar-refractivity contribution in [2.75, 3.05) is 0 Å². The van der Waals surface area contributed by atoms with Gasteiger partial charge in [-0.2, -0.15) is 5.10 Å². The summed E-state index contributed by atoms with van der Waals surface area (Å²) in [6, 6.07) is 10.2. The number of para-hydroxylation sites is 1. The van der Waals surface area contributed by atoms with Crippen molar-refractivity contribution in [2.24, 2.45) is 5.73 Å². The third kappa shape index (κ3) is 1.86. The third-order valence-corrected chi connectivity index (χ3v) is 2.70. The Morgan fingerprint density at radius 2 is 2.00 bits per heavy atom. The van der Waals surface area contributed by atoms with Crippen LogP contribution in [0.15, 0.2) is 36.5 Å². The highest BCUT2D eigenvalue weighted by Crippen LogP contribution is 2.20. The van der Waals surface area contributed by atoms with Gasteiger partial charge >= 0.3 is 0 Å². The standard InChI is InChI=1S/C13H17N3/c1-10(2)12-7-8-15-16(12)13-6-4-3-5-11(13)9-14/h3-8,10H,9,14H2,1-2H3. The summed E-state index contributed by atoms with van der Waals surface area (Å²) in [6.45, 7) is 4.87. The van der Waals surface area contributed by atoms with Crippen LogP contribution < -0.4 is 5.73 Å². The maximum Gasteiger partial charge on any atom is 0.0693 e. The summed E-state index contributed by atoms with van der Waals surface area (Å²) in [4.78, 5) is 0. The van der Waals surface area contributed by atoms with E-state index in [2.05, 4.69) is 31.1 Å². The predicted octanol–water partition coefficient (Wildman–Crippen LogP) is 2.45. The van der Waals surface area contributed by atoms with Crippen LogP contribution in [0.3, 0.4) is 0 Å². The van der Waals surface area contributed by atoms with Gasteiger partial charge in [0.1, 0.15) is 0 Å². The summed E-state index contributed by atoms with van der Waals surface area (Å²) in [5.41, 5.74) is 9.15. The summed E-state index contributed by atoms with van der Waals surface area (Å²) >= 11 is 0. The zero-order valence-electron chi connectivity index (χ0n) is 9.72. The third-order valence-electron chi connectivity index (χ3n) is 2.70. The molecule has 0 unspecified atom stereocenters. The molecule has 2 N–H and O–H groups in total. The molecule has 1 aromatic carbocycles. The average molecular weight is 215 g/mol. The first-order valence-corrected chi connectivity index (χ1v) is 5.56. The highest BCUT2D eigenvalue weighted by atomic mass is 15.3. The normalized spacial score (nSPS) is 11.0. The molecule has 0 bridgehead atoms. The van der Waals surface area contributed by atoms with Gasteiger partial charge in [-0.15, -0.1) is 0 Å². The SMILES string of the molecule is CC(C)c1ccnn1-c1ccccc1CN. The van der Waals surface area contributed by atoms with Crippen LogP contribution in [0.4, 0.5) is 0 Å². The van der Waals surface area contributed by atoms with Gasteiger partial charge in [0.25, 0.3) is 0 Å². The molecule has 0 atom stereocenters. The molecule has 2 aromatic rings. The second kappa shape index (κ2) is 4.49. The first-order chi connectivity index (χ1) is 7.74. The second-order valence-corrected chi connectivity index (χ2v) is 4.16. The lowest BCUT2D eigenvalue weighted by molar-refractivity contribution is 0.728. The van der Waals surface area contributed by atoms with Gasteiger partial charge in [-0.05, 0) is 23.6 Å². The van der Waals surface area contributed by atoms with Gasteiger partial charge in [0, 0.05) is 18.4 Å². The molecule has 0 aliphatic rings. The molecule has 3 nitrogen and oxygen atoms in total. The Morgan fingerprint density at radius 3 is 2.69 bits per heavy atom. The summed E-state index contributed by atoms with van der Waals surface area (Å²) < 4.78 is 1.98. The van der Waals surface area contributed by atoms with Gasteiger partial charge < -0.3 is 5.73 Å². The van der Waals surface area contributed by atoms with E-state index in [0.29, 0.717) is 12.5 Å². The van der Waals surface area contributed by atoms with E-state index in [0.717, 1.165) is 11.3 Å². The minimum Gasteiger partial charge on any atom is -0.326 e. The number of nitrogens with zero attached hydrogens (tertiary/aromatic N) is 2. The molecule has 16 heavy (non-hydrogen) atoms. The topological polar surface area (TPSA) is 43.8 Å². The Morgan fingerprint density at radius 1 is 1.25 bits per heavy atom. The number of aromatic nitrogens is 2. The van der Waals surface area contributed by atoms with Crippen LogP contribution in [-0.2, 0) is 6.54 Å². The number of hydrogen-bond acceptors (Lipinski definition) is 2. The van der Waals surface area contributed by atoms with E-state index >= 15 is 0 Å². The average Bonchev–Trinajstić information content (AvgIpc) is 2.77. The first kappa shape index (κ1) is 10.9. The van der Waals surface area contributed by atoms with Crippen molar-refractivity contribution >= 4 is 0 Å². The molecule has 2 rings (SSSR count). The molecule has 0 aliphatic carbocycles. The van der Waals surface area contributed by atoms with Crippen LogP contribution in [0.5, 0.6) is 0 Å². The number of hydrogen-bond donors (Lipinski definition) is 1. The van der Waals surface area contributed by atoms with Crippen LogP contribution >= 0.6 is 0 Å². The van der Waals surface area contributed by atoms with E-state index < -0.39 is 0 Å². The van der Waals surface area contributed by atoms with Crippen molar-refractivity contribution in [2.45, 2.75) is 26.3 Å². The molecule has 0 amide bonds. The minimum atomic E-state index is 0.452. The van der Waals surface area contributed by atoms with E-state index in [1.807, 2.05) is 29.1 Å². The van der Waals surface area contributed by atoms with E-state index in [1.54, 1.807) is 0 Å². The largest absolute Gasteiger partial charge is 0.326 e. The summed E-state index contributed by atoms with van der Waals surface area (Å²) in [6.07, 6.45) is 1.84. The summed E-state index contributed by atoms with van der Waals surface area (Å²) in [5, 5.41) is 4.38. The summed E-state index contributed by atoms with van der Waals surface area (Å²) in [5.74, 6) is 0.452. The van der Waals surface area contributed by atoms with Crippen molar-refractivity contribution in [3.8, 4) is 5.69 Å². The fourth-order valence-corrected chi connectivity index (χ4v) is 1.84. The molecular weight excluding hydrogens is 198 g/mol. The van der Waals surface area contributed by atoms with E-state index in [1.165, 1.54) is 5.69 Å². The van der Waals surface area contributed by atoms with E-state index in [4.69, 9.17) is 5.73 Å². The molecule has 84 valence electrons. The van der Waals surface area contributed by atoms with Crippen molar-refractivity contribution in [1.82, 2.24) is 9.78 Å². The minimum absolute atomic E-state index is 0.452. The Labute approximate surface area is 95.9 Å². The van der Waals surface area contributed by atoms with Crippen molar-refractivity contribution in [3.63, 3.8) is 0 Å². The van der Waals surface area contributed by atoms with E-state index in [-0.39, 0.29) is 0 Å². The lowest BCUT2D eigenvalue weighted by Gasteiger charge is -2.13. The van der Waals surface area contributed by atoms with Gasteiger partial charge in [0.15, 0.2) is 0 Å². The molecule has 0 aliphatic heterocycles. The number of nitrogens with two attached hydrogens (primary N) is 1. The smallest absolute Gasteiger partial charge is 0.0693 e. The predicted molar refractivity (Wildman–Crippen MR) is 65.5 cm³/mol. The van der Waals surface area contributed by atoms with Crippen molar-refractivity contribution < 1.29 is 0 Å². The Hall–Kier alpha value is -1.61. The van der Waals surface area contributed by atoms with Crippen LogP contribution in [0, 0.1) is 0 Å². The fraction of sp³-hybridized carbons (Fsp3) is 0.308. The fourth-order valence-electron chi connectivity index (χ4n) is 1.84. The highest BCUT2D eigenvalue weighted by Gasteiger charge is 2.10. The lowest BCUT2D eigenvalue weighted by Crippen LogP contribution is -2.08. The Balaban J connectivity index is 2.54. The molecule has 0 saturated heterocycles. The molecule has 1 aromatic heterocycles. The second-order valence-electron chi connectivity index (χ2n) is 4.16. The van der Waals surface area contributed by atoms with Crippen LogP contribution in [-0.4, -0.2) is 9.78 Å². The molecule has 0 saturated carbocycles. The monoisotopic (exact) mass is 215 g/mol. The maximum atomic E-state index is 5.74. The van der Waals surface area contributed by atoms with Gasteiger partial charge in [-0.3, -0.25) is 0 Å². The molecule has 0 radical (unpaired) electrons. The number of rotatable bonds is 3. The van der Waals surface area contributed by atoms with Crippen LogP contribution in [0.1, 0.15) is 31.0 Å². The zero-order chi connectivity index (χ0) is 11.5. The van der Waals surface area contributed by atoms with Gasteiger partial charge in [-0.25, -0.2) is 4.68 Å². The van der Waals surface area contributed by atoms with Crippen LogP contribution in [0.2, 0.25) is 0 Å². The van der Waals surface area contributed by atoms with Gasteiger partial charge in [-0.1, -0.05) is 32.0 Å². The first-order valence-electron chi connectivity index (χ1n) is 5.56. The molecule has 1 heterocycles.